The van der Waals surface area contributed by atoms with E-state index in [4.69, 9.17) is 4.74 Å². The minimum atomic E-state index is 0.0474. The summed E-state index contributed by atoms with van der Waals surface area (Å²) in [6.07, 6.45) is 3.77. The Morgan fingerprint density at radius 1 is 1.39 bits per heavy atom. The molecule has 4 heteroatoms. The van der Waals surface area contributed by atoms with Crippen molar-refractivity contribution in [3.05, 3.63) is 48.0 Å². The minimum absolute atomic E-state index is 0.0474. The Bertz CT molecular complexity index is 507. The quantitative estimate of drug-likeness (QED) is 0.877. The molecule has 0 aliphatic heterocycles. The number of nitrogens with zero attached hydrogens (tertiary/aromatic N) is 2. The highest BCUT2D eigenvalue weighted by Crippen LogP contribution is 2.28. The molecule has 0 saturated carbocycles. The number of nitrogens with one attached hydrogen (secondary N) is 1. The van der Waals surface area contributed by atoms with Crippen molar-refractivity contribution < 1.29 is 4.74 Å². The first-order chi connectivity index (χ1) is 8.77. The van der Waals surface area contributed by atoms with Gasteiger partial charge < -0.3 is 14.6 Å². The van der Waals surface area contributed by atoms with Crippen LogP contribution in [0.15, 0.2) is 36.7 Å². The summed E-state index contributed by atoms with van der Waals surface area (Å²) in [4.78, 5) is 4.43. The van der Waals surface area contributed by atoms with Crippen molar-refractivity contribution in [2.75, 3.05) is 13.7 Å². The maximum atomic E-state index is 5.43. The molecule has 18 heavy (non-hydrogen) atoms. The first kappa shape index (κ1) is 12.6. The molecule has 2 aromatic rings. The van der Waals surface area contributed by atoms with Gasteiger partial charge in [0, 0.05) is 25.0 Å². The van der Waals surface area contributed by atoms with E-state index in [0.717, 1.165) is 23.7 Å². The summed E-state index contributed by atoms with van der Waals surface area (Å²) in [6.45, 7) is 2.96. The van der Waals surface area contributed by atoms with Crippen LogP contribution in [0.3, 0.4) is 0 Å². The number of aromatic nitrogens is 2. The van der Waals surface area contributed by atoms with Crippen LogP contribution in [0.1, 0.15) is 24.4 Å². The number of para-hydroxylation sites is 1. The minimum Gasteiger partial charge on any atom is -0.496 e. The molecule has 96 valence electrons. The number of hydrogen-bond acceptors (Lipinski definition) is 3. The fraction of sp³-hybridized carbons (Fsp3) is 0.357. The van der Waals surface area contributed by atoms with Crippen molar-refractivity contribution in [3.8, 4) is 5.75 Å². The van der Waals surface area contributed by atoms with Gasteiger partial charge in [0.1, 0.15) is 11.6 Å². The maximum Gasteiger partial charge on any atom is 0.130 e. The lowest BCUT2D eigenvalue weighted by Crippen LogP contribution is -2.25. The number of methoxy groups -OCH3 is 1. The fourth-order valence-electron chi connectivity index (χ4n) is 2.10. The molecule has 1 unspecified atom stereocenters. The largest absolute Gasteiger partial charge is 0.496 e. The molecular formula is C14H19N3O. The number of imidazole rings is 1. The predicted octanol–water partition coefficient (Wildman–Crippen LogP) is 2.13. The molecule has 1 aromatic carbocycles. The van der Waals surface area contributed by atoms with Gasteiger partial charge in [-0.15, -0.1) is 0 Å². The van der Waals surface area contributed by atoms with Crippen LogP contribution in [0.4, 0.5) is 0 Å². The second-order valence-corrected chi connectivity index (χ2v) is 4.13. The van der Waals surface area contributed by atoms with E-state index in [1.165, 1.54) is 0 Å². The van der Waals surface area contributed by atoms with Gasteiger partial charge in [-0.2, -0.15) is 0 Å². The molecule has 2 rings (SSSR count). The van der Waals surface area contributed by atoms with Gasteiger partial charge in [-0.05, 0) is 12.6 Å². The van der Waals surface area contributed by atoms with Crippen molar-refractivity contribution in [2.24, 2.45) is 7.05 Å². The predicted molar refractivity (Wildman–Crippen MR) is 71.7 cm³/mol. The van der Waals surface area contributed by atoms with E-state index >= 15 is 0 Å². The van der Waals surface area contributed by atoms with E-state index in [1.807, 2.05) is 42.2 Å². The zero-order valence-electron chi connectivity index (χ0n) is 11.1. The van der Waals surface area contributed by atoms with Crippen molar-refractivity contribution >= 4 is 0 Å². The fourth-order valence-corrected chi connectivity index (χ4v) is 2.10. The van der Waals surface area contributed by atoms with Gasteiger partial charge >= 0.3 is 0 Å². The van der Waals surface area contributed by atoms with E-state index in [-0.39, 0.29) is 6.04 Å². The number of benzene rings is 1. The highest BCUT2D eigenvalue weighted by Gasteiger charge is 2.20. The topological polar surface area (TPSA) is 39.1 Å². The lowest BCUT2D eigenvalue weighted by atomic mass is 10.0. The monoisotopic (exact) mass is 245 g/mol. The van der Waals surface area contributed by atoms with Crippen LogP contribution in [-0.4, -0.2) is 23.2 Å². The number of hydrogen-bond donors (Lipinski definition) is 1. The van der Waals surface area contributed by atoms with Crippen molar-refractivity contribution in [1.82, 2.24) is 14.9 Å². The number of ether oxygens (including phenoxy) is 1. The lowest BCUT2D eigenvalue weighted by Gasteiger charge is -2.20. The second kappa shape index (κ2) is 5.69. The Kier molecular flexibility index (Phi) is 3.99. The Hall–Kier alpha value is -1.81. The average molecular weight is 245 g/mol. The van der Waals surface area contributed by atoms with Crippen LogP contribution >= 0.6 is 0 Å². The summed E-state index contributed by atoms with van der Waals surface area (Å²) in [5.74, 6) is 1.87. The summed E-state index contributed by atoms with van der Waals surface area (Å²) in [5, 5.41) is 3.45. The van der Waals surface area contributed by atoms with Crippen LogP contribution < -0.4 is 10.1 Å². The van der Waals surface area contributed by atoms with Crippen LogP contribution in [-0.2, 0) is 7.05 Å². The second-order valence-electron chi connectivity index (χ2n) is 4.13. The molecule has 0 aliphatic rings. The van der Waals surface area contributed by atoms with Gasteiger partial charge in [-0.1, -0.05) is 25.1 Å². The normalized spacial score (nSPS) is 12.4. The summed E-state index contributed by atoms with van der Waals surface area (Å²) in [7, 11) is 3.70. The van der Waals surface area contributed by atoms with Crippen LogP contribution in [0.5, 0.6) is 5.75 Å². The molecule has 1 heterocycles. The molecule has 0 aliphatic carbocycles. The third kappa shape index (κ3) is 2.38. The van der Waals surface area contributed by atoms with Gasteiger partial charge in [0.15, 0.2) is 0 Å². The molecule has 0 spiro atoms. The summed E-state index contributed by atoms with van der Waals surface area (Å²) in [6, 6.07) is 8.09. The lowest BCUT2D eigenvalue weighted by molar-refractivity contribution is 0.402. The first-order valence-electron chi connectivity index (χ1n) is 6.11. The molecule has 4 nitrogen and oxygen atoms in total. The third-order valence-corrected chi connectivity index (χ3v) is 2.97. The van der Waals surface area contributed by atoms with Gasteiger partial charge in [0.05, 0.1) is 13.2 Å². The average Bonchev–Trinajstić information content (AvgIpc) is 2.82. The maximum absolute atomic E-state index is 5.43. The standard InChI is InChI=1S/C14H19N3O/c1-4-15-13(14-16-9-10-17(14)2)11-7-5-6-8-12(11)18-3/h5-10,13,15H,4H2,1-3H3. The highest BCUT2D eigenvalue weighted by molar-refractivity contribution is 5.38. The Morgan fingerprint density at radius 3 is 2.78 bits per heavy atom. The van der Waals surface area contributed by atoms with Gasteiger partial charge in [0.25, 0.3) is 0 Å². The molecular weight excluding hydrogens is 226 g/mol. The molecule has 1 atom stereocenters. The summed E-state index contributed by atoms with van der Waals surface area (Å²) in [5.41, 5.74) is 1.11. The molecule has 0 fully saturated rings. The SMILES string of the molecule is CCNC(c1ccccc1OC)c1nccn1C. The zero-order chi connectivity index (χ0) is 13.0. The van der Waals surface area contributed by atoms with E-state index in [9.17, 15) is 0 Å². The zero-order valence-corrected chi connectivity index (χ0v) is 11.1. The Morgan fingerprint density at radius 2 is 2.17 bits per heavy atom. The Labute approximate surface area is 108 Å². The smallest absolute Gasteiger partial charge is 0.130 e. The van der Waals surface area contributed by atoms with Crippen LogP contribution in [0.25, 0.3) is 0 Å². The van der Waals surface area contributed by atoms with E-state index in [0.29, 0.717) is 0 Å². The molecule has 0 saturated heterocycles. The molecule has 1 N–H and O–H groups in total. The van der Waals surface area contributed by atoms with E-state index in [2.05, 4.69) is 23.3 Å². The number of rotatable bonds is 5. The Balaban J connectivity index is 2.45. The third-order valence-electron chi connectivity index (χ3n) is 2.97. The molecule has 0 amide bonds. The molecule has 0 radical (unpaired) electrons. The summed E-state index contributed by atoms with van der Waals surface area (Å²) >= 11 is 0. The van der Waals surface area contributed by atoms with Crippen LogP contribution in [0, 0.1) is 0 Å². The van der Waals surface area contributed by atoms with E-state index < -0.39 is 0 Å². The highest BCUT2D eigenvalue weighted by atomic mass is 16.5. The molecule has 1 aromatic heterocycles. The van der Waals surface area contributed by atoms with Gasteiger partial charge in [-0.25, -0.2) is 4.98 Å². The first-order valence-corrected chi connectivity index (χ1v) is 6.11. The van der Waals surface area contributed by atoms with Crippen LogP contribution in [0.2, 0.25) is 0 Å². The van der Waals surface area contributed by atoms with E-state index in [1.54, 1.807) is 7.11 Å². The van der Waals surface area contributed by atoms with Gasteiger partial charge in [-0.3, -0.25) is 0 Å². The van der Waals surface area contributed by atoms with Gasteiger partial charge in [0.2, 0.25) is 0 Å². The number of aryl methyl sites for hydroxylation is 1. The van der Waals surface area contributed by atoms with Crippen molar-refractivity contribution in [3.63, 3.8) is 0 Å². The van der Waals surface area contributed by atoms with Crippen molar-refractivity contribution in [1.29, 1.82) is 0 Å². The van der Waals surface area contributed by atoms with Crippen molar-refractivity contribution in [2.45, 2.75) is 13.0 Å². The summed E-state index contributed by atoms with van der Waals surface area (Å²) < 4.78 is 7.46. The molecule has 0 bridgehead atoms.